The van der Waals surface area contributed by atoms with E-state index in [0.29, 0.717) is 5.65 Å². The zero-order chi connectivity index (χ0) is 13.1. The van der Waals surface area contributed by atoms with Crippen LogP contribution in [-0.2, 0) is 4.79 Å². The molecule has 0 aliphatic heterocycles. The third kappa shape index (κ3) is 2.51. The summed E-state index contributed by atoms with van der Waals surface area (Å²) in [5, 5.41) is 9.32. The Morgan fingerprint density at radius 3 is 3.00 bits per heavy atom. The summed E-state index contributed by atoms with van der Waals surface area (Å²) < 4.78 is 0. The zero-order valence-electron chi connectivity index (χ0n) is 9.46. The van der Waals surface area contributed by atoms with E-state index in [1.165, 1.54) is 6.20 Å². The molecule has 0 fully saturated rings. The molecule has 0 aliphatic rings. The first kappa shape index (κ1) is 12.2. The average molecular weight is 248 g/mol. The van der Waals surface area contributed by atoms with Crippen molar-refractivity contribution in [2.24, 2.45) is 5.73 Å². The predicted octanol–water partition coefficient (Wildman–Crippen LogP) is 0.333. The topological polar surface area (TPSA) is 122 Å². The lowest BCUT2D eigenvalue weighted by Gasteiger charge is -2.07. The number of carboxylic acids is 1. The number of Topliss-reactive ketones (excluding diaryl/α,β-unsaturated/α-hetero) is 1. The lowest BCUT2D eigenvalue weighted by molar-refractivity contribution is -0.137. The van der Waals surface area contributed by atoms with Gasteiger partial charge < -0.3 is 15.8 Å². The van der Waals surface area contributed by atoms with Crippen LogP contribution < -0.4 is 5.73 Å². The molecule has 4 N–H and O–H groups in total. The summed E-state index contributed by atoms with van der Waals surface area (Å²) in [6.45, 7) is 0. The minimum atomic E-state index is -0.987. The molecule has 2 rings (SSSR count). The van der Waals surface area contributed by atoms with Crippen molar-refractivity contribution in [1.82, 2.24) is 15.0 Å². The van der Waals surface area contributed by atoms with Crippen LogP contribution in [0.3, 0.4) is 0 Å². The maximum absolute atomic E-state index is 11.9. The number of aliphatic carboxylic acids is 1. The molecular weight excluding hydrogens is 236 g/mol. The average Bonchev–Trinajstić information content (AvgIpc) is 2.81. The number of hydrogen-bond donors (Lipinski definition) is 3. The number of carboxylic acid groups (broad SMARTS) is 1. The van der Waals surface area contributed by atoms with E-state index in [9.17, 15) is 9.59 Å². The van der Waals surface area contributed by atoms with Gasteiger partial charge in [-0.25, -0.2) is 9.97 Å². The smallest absolute Gasteiger partial charge is 0.303 e. The minimum Gasteiger partial charge on any atom is -0.481 e. The number of rotatable bonds is 5. The fraction of sp³-hybridized carbons (Fsp3) is 0.273. The number of carbonyl (C=O) groups is 2. The summed E-state index contributed by atoms with van der Waals surface area (Å²) in [4.78, 5) is 33.1. The van der Waals surface area contributed by atoms with Crippen molar-refractivity contribution in [3.8, 4) is 0 Å². The largest absolute Gasteiger partial charge is 0.481 e. The zero-order valence-corrected chi connectivity index (χ0v) is 9.46. The molecular formula is C11H12N4O3. The van der Waals surface area contributed by atoms with E-state index in [1.807, 2.05) is 0 Å². The third-order valence-corrected chi connectivity index (χ3v) is 2.53. The number of carbonyl (C=O) groups excluding carboxylic acids is 1. The number of ketones is 1. The fourth-order valence-electron chi connectivity index (χ4n) is 1.53. The van der Waals surface area contributed by atoms with Gasteiger partial charge in [0.05, 0.1) is 6.04 Å². The SMILES string of the molecule is N[C@@H](CCC(=O)O)C(=O)c1ncc2cc[nH]c2n1. The number of nitrogens with two attached hydrogens (primary N) is 1. The second kappa shape index (κ2) is 4.92. The quantitative estimate of drug-likeness (QED) is 0.655. The Kier molecular flexibility index (Phi) is 3.33. The monoisotopic (exact) mass is 248 g/mol. The molecule has 0 saturated heterocycles. The van der Waals surface area contributed by atoms with E-state index >= 15 is 0 Å². The van der Waals surface area contributed by atoms with E-state index in [4.69, 9.17) is 10.8 Å². The van der Waals surface area contributed by atoms with Crippen molar-refractivity contribution < 1.29 is 14.7 Å². The van der Waals surface area contributed by atoms with Crippen molar-refractivity contribution in [1.29, 1.82) is 0 Å². The number of hydrogen-bond acceptors (Lipinski definition) is 5. The van der Waals surface area contributed by atoms with Crippen LogP contribution in [0, 0.1) is 0 Å². The molecule has 0 radical (unpaired) electrons. The van der Waals surface area contributed by atoms with E-state index in [1.54, 1.807) is 12.3 Å². The van der Waals surface area contributed by atoms with Crippen LogP contribution in [-0.4, -0.2) is 37.9 Å². The molecule has 94 valence electrons. The van der Waals surface area contributed by atoms with E-state index in [-0.39, 0.29) is 18.7 Å². The van der Waals surface area contributed by atoms with Crippen LogP contribution in [0.4, 0.5) is 0 Å². The van der Waals surface area contributed by atoms with Crippen LogP contribution in [0.2, 0.25) is 0 Å². The predicted molar refractivity (Wildman–Crippen MR) is 63.1 cm³/mol. The van der Waals surface area contributed by atoms with Crippen molar-refractivity contribution in [2.45, 2.75) is 18.9 Å². The molecule has 0 aliphatic carbocycles. The van der Waals surface area contributed by atoms with E-state index < -0.39 is 17.8 Å². The first-order chi connectivity index (χ1) is 8.58. The number of aromatic nitrogens is 3. The number of nitrogens with one attached hydrogen (secondary N) is 1. The van der Waals surface area contributed by atoms with Gasteiger partial charge in [-0.2, -0.15) is 0 Å². The third-order valence-electron chi connectivity index (χ3n) is 2.53. The number of H-pyrrole nitrogens is 1. The molecule has 7 nitrogen and oxygen atoms in total. The molecule has 0 spiro atoms. The Labute approximate surface area is 102 Å². The molecule has 2 aromatic heterocycles. The molecule has 0 amide bonds. The summed E-state index contributed by atoms with van der Waals surface area (Å²) >= 11 is 0. The highest BCUT2D eigenvalue weighted by molar-refractivity contribution is 5.98. The van der Waals surface area contributed by atoms with E-state index in [0.717, 1.165) is 5.39 Å². The van der Waals surface area contributed by atoms with Gasteiger partial charge in [-0.05, 0) is 12.5 Å². The van der Waals surface area contributed by atoms with Crippen LogP contribution >= 0.6 is 0 Å². The van der Waals surface area contributed by atoms with Crippen LogP contribution in [0.15, 0.2) is 18.5 Å². The summed E-state index contributed by atoms with van der Waals surface area (Å²) in [6, 6.07) is 0.891. The van der Waals surface area contributed by atoms with E-state index in [2.05, 4.69) is 15.0 Å². The second-order valence-corrected chi connectivity index (χ2v) is 3.88. The number of nitrogens with zero attached hydrogens (tertiary/aromatic N) is 2. The Balaban J connectivity index is 2.14. The lowest BCUT2D eigenvalue weighted by atomic mass is 10.1. The molecule has 7 heteroatoms. The van der Waals surface area contributed by atoms with Gasteiger partial charge in [0.25, 0.3) is 0 Å². The molecule has 2 aromatic rings. The van der Waals surface area contributed by atoms with Crippen LogP contribution in [0.25, 0.3) is 11.0 Å². The van der Waals surface area contributed by atoms with Crippen LogP contribution in [0.5, 0.6) is 0 Å². The molecule has 0 saturated carbocycles. The Bertz CT molecular complexity index is 593. The first-order valence-corrected chi connectivity index (χ1v) is 5.39. The van der Waals surface area contributed by atoms with Crippen molar-refractivity contribution in [3.05, 3.63) is 24.3 Å². The second-order valence-electron chi connectivity index (χ2n) is 3.88. The van der Waals surface area contributed by atoms with Crippen LogP contribution in [0.1, 0.15) is 23.5 Å². The molecule has 18 heavy (non-hydrogen) atoms. The highest BCUT2D eigenvalue weighted by Gasteiger charge is 2.19. The van der Waals surface area contributed by atoms with Gasteiger partial charge in [0.1, 0.15) is 5.65 Å². The van der Waals surface area contributed by atoms with Crippen molar-refractivity contribution in [3.63, 3.8) is 0 Å². The molecule has 1 atom stereocenters. The fourth-order valence-corrected chi connectivity index (χ4v) is 1.53. The highest BCUT2D eigenvalue weighted by atomic mass is 16.4. The highest BCUT2D eigenvalue weighted by Crippen LogP contribution is 2.09. The summed E-state index contributed by atoms with van der Waals surface area (Å²) in [5.74, 6) is -1.44. The molecule has 0 aromatic carbocycles. The van der Waals surface area contributed by atoms with Crippen molar-refractivity contribution in [2.75, 3.05) is 0 Å². The summed E-state index contributed by atoms with van der Waals surface area (Å²) in [6.07, 6.45) is 3.13. The van der Waals surface area contributed by atoms with Gasteiger partial charge in [0.15, 0.2) is 5.82 Å². The Hall–Kier alpha value is -2.28. The van der Waals surface area contributed by atoms with Gasteiger partial charge in [0, 0.05) is 24.2 Å². The Morgan fingerprint density at radius 1 is 1.50 bits per heavy atom. The Morgan fingerprint density at radius 2 is 2.28 bits per heavy atom. The molecule has 2 heterocycles. The molecule has 0 unspecified atom stereocenters. The number of aromatic amines is 1. The first-order valence-electron chi connectivity index (χ1n) is 5.39. The van der Waals surface area contributed by atoms with Gasteiger partial charge in [-0.1, -0.05) is 0 Å². The number of fused-ring (bicyclic) bond motifs is 1. The minimum absolute atomic E-state index is 0.00263. The maximum atomic E-state index is 11.9. The van der Waals surface area contributed by atoms with Gasteiger partial charge in [0.2, 0.25) is 5.78 Å². The normalized spacial score (nSPS) is 12.5. The lowest BCUT2D eigenvalue weighted by Crippen LogP contribution is -2.32. The van der Waals surface area contributed by atoms with Gasteiger partial charge >= 0.3 is 5.97 Å². The molecule has 0 bridgehead atoms. The van der Waals surface area contributed by atoms with Gasteiger partial charge in [-0.15, -0.1) is 0 Å². The van der Waals surface area contributed by atoms with Crippen molar-refractivity contribution >= 4 is 22.8 Å². The van der Waals surface area contributed by atoms with Gasteiger partial charge in [-0.3, -0.25) is 9.59 Å². The maximum Gasteiger partial charge on any atom is 0.303 e. The summed E-state index contributed by atoms with van der Waals surface area (Å²) in [5.41, 5.74) is 6.17. The standard InChI is InChI=1S/C11H12N4O3/c12-7(1-2-8(16)17)9(18)11-14-5-6-3-4-13-10(6)15-11/h3-5,7H,1-2,12H2,(H,16,17)(H,13,14,15)/t7-/m0/s1. The summed E-state index contributed by atoms with van der Waals surface area (Å²) in [7, 11) is 0.